The Hall–Kier alpha value is -2.71. The summed E-state index contributed by atoms with van der Waals surface area (Å²) in [6.45, 7) is 0.555. The van der Waals surface area contributed by atoms with Crippen LogP contribution in [0, 0.1) is 0 Å². The Morgan fingerprint density at radius 1 is 1.23 bits per heavy atom. The maximum atomic E-state index is 10.6. The van der Waals surface area contributed by atoms with Crippen molar-refractivity contribution in [2.75, 3.05) is 25.6 Å². The highest BCUT2D eigenvalue weighted by molar-refractivity contribution is 7.19. The molecule has 0 amide bonds. The topological polar surface area (TPSA) is 93.6 Å². The van der Waals surface area contributed by atoms with Gasteiger partial charge in [-0.25, -0.2) is 14.8 Å². The highest BCUT2D eigenvalue weighted by atomic mass is 32.1. The summed E-state index contributed by atoms with van der Waals surface area (Å²) < 4.78 is 10.6. The second kappa shape index (κ2) is 9.40. The standard InChI is InChI=1S/C22H25N3O4S/c1-28-16-8-4-2-6-14(16)12-23-21-20-15-7-3-5-9-17(15)30-22(20)25-18(24-21)10-11-29-13-19(26)27/h2,4,6,8H,3,5,7,9-13H2,1H3,(H,26,27)(H,23,24,25). The largest absolute Gasteiger partial charge is 0.496 e. The minimum atomic E-state index is -0.975. The average molecular weight is 428 g/mol. The van der Waals surface area contributed by atoms with Gasteiger partial charge in [-0.15, -0.1) is 11.3 Å². The van der Waals surface area contributed by atoms with Crippen LogP contribution in [0.5, 0.6) is 5.75 Å². The number of anilines is 1. The first-order valence-electron chi connectivity index (χ1n) is 10.1. The molecular weight excluding hydrogens is 402 g/mol. The molecule has 0 atom stereocenters. The van der Waals surface area contributed by atoms with Gasteiger partial charge < -0.3 is 19.9 Å². The summed E-state index contributed by atoms with van der Waals surface area (Å²) in [5, 5.41) is 13.4. The van der Waals surface area contributed by atoms with Crippen molar-refractivity contribution in [2.45, 2.75) is 38.6 Å². The quantitative estimate of drug-likeness (QED) is 0.501. The van der Waals surface area contributed by atoms with Crippen molar-refractivity contribution >= 4 is 33.3 Å². The number of carboxylic acid groups (broad SMARTS) is 1. The van der Waals surface area contributed by atoms with Crippen LogP contribution >= 0.6 is 11.3 Å². The molecule has 0 fully saturated rings. The molecule has 2 aromatic heterocycles. The number of ether oxygens (including phenoxy) is 2. The predicted octanol–water partition coefficient (Wildman–Crippen LogP) is 3.83. The molecule has 2 heterocycles. The third-order valence-corrected chi connectivity index (χ3v) is 6.38. The summed E-state index contributed by atoms with van der Waals surface area (Å²) in [5.74, 6) is 1.36. The monoisotopic (exact) mass is 427 g/mol. The van der Waals surface area contributed by atoms with E-state index < -0.39 is 5.97 Å². The molecule has 0 spiro atoms. The van der Waals surface area contributed by atoms with Crippen molar-refractivity contribution in [3.05, 3.63) is 46.1 Å². The Bertz CT molecular complexity index is 1050. The molecule has 2 N–H and O–H groups in total. The van der Waals surface area contributed by atoms with Crippen molar-refractivity contribution in [3.8, 4) is 5.75 Å². The van der Waals surface area contributed by atoms with Gasteiger partial charge in [0.15, 0.2) is 0 Å². The first-order valence-corrected chi connectivity index (χ1v) is 10.9. The van der Waals surface area contributed by atoms with E-state index in [-0.39, 0.29) is 13.2 Å². The number of carboxylic acids is 1. The maximum Gasteiger partial charge on any atom is 0.329 e. The maximum absolute atomic E-state index is 10.6. The molecule has 30 heavy (non-hydrogen) atoms. The fraction of sp³-hybridized carbons (Fsp3) is 0.409. The molecule has 0 aliphatic heterocycles. The van der Waals surface area contributed by atoms with E-state index in [1.165, 1.54) is 23.3 Å². The Kier molecular flexibility index (Phi) is 6.44. The number of hydrogen-bond acceptors (Lipinski definition) is 7. The Balaban J connectivity index is 1.62. The number of thiophene rings is 1. The van der Waals surface area contributed by atoms with Crippen LogP contribution in [0.4, 0.5) is 5.82 Å². The zero-order chi connectivity index (χ0) is 20.9. The SMILES string of the molecule is COc1ccccc1CNc1nc(CCOCC(=O)O)nc2sc3c(c12)CCCC3. The van der Waals surface area contributed by atoms with Crippen LogP contribution in [0.25, 0.3) is 10.2 Å². The molecule has 0 unspecified atom stereocenters. The Labute approximate surface area is 179 Å². The molecule has 7 nitrogen and oxygen atoms in total. The molecule has 1 aromatic carbocycles. The highest BCUT2D eigenvalue weighted by Crippen LogP contribution is 2.39. The summed E-state index contributed by atoms with van der Waals surface area (Å²) in [6.07, 6.45) is 5.03. The Morgan fingerprint density at radius 2 is 2.07 bits per heavy atom. The molecule has 0 bridgehead atoms. The van der Waals surface area contributed by atoms with E-state index in [1.54, 1.807) is 18.4 Å². The van der Waals surface area contributed by atoms with Crippen LogP contribution < -0.4 is 10.1 Å². The number of aromatic nitrogens is 2. The lowest BCUT2D eigenvalue weighted by Crippen LogP contribution is -2.11. The molecule has 1 aliphatic carbocycles. The highest BCUT2D eigenvalue weighted by Gasteiger charge is 2.21. The van der Waals surface area contributed by atoms with Crippen LogP contribution in [0.3, 0.4) is 0 Å². The summed E-state index contributed by atoms with van der Waals surface area (Å²) in [6, 6.07) is 7.93. The first-order chi connectivity index (χ1) is 14.7. The van der Waals surface area contributed by atoms with Gasteiger partial charge in [-0.05, 0) is 37.3 Å². The second-order valence-corrected chi connectivity index (χ2v) is 8.32. The normalized spacial score (nSPS) is 13.2. The van der Waals surface area contributed by atoms with Crippen LogP contribution in [0.2, 0.25) is 0 Å². The number of nitrogens with one attached hydrogen (secondary N) is 1. The average Bonchev–Trinajstić information content (AvgIpc) is 3.13. The second-order valence-electron chi connectivity index (χ2n) is 7.24. The van der Waals surface area contributed by atoms with Crippen molar-refractivity contribution in [3.63, 3.8) is 0 Å². The van der Waals surface area contributed by atoms with Crippen LogP contribution in [0.15, 0.2) is 24.3 Å². The summed E-state index contributed by atoms with van der Waals surface area (Å²) in [4.78, 5) is 22.6. The van der Waals surface area contributed by atoms with E-state index >= 15 is 0 Å². The lowest BCUT2D eigenvalue weighted by Gasteiger charge is -2.14. The van der Waals surface area contributed by atoms with Crippen LogP contribution in [-0.4, -0.2) is 41.4 Å². The number of para-hydroxylation sites is 1. The predicted molar refractivity (Wildman–Crippen MR) is 117 cm³/mol. The zero-order valence-corrected chi connectivity index (χ0v) is 17.8. The molecule has 4 rings (SSSR count). The molecule has 0 radical (unpaired) electrons. The van der Waals surface area contributed by atoms with Crippen molar-refractivity contribution in [2.24, 2.45) is 0 Å². The van der Waals surface area contributed by atoms with E-state index in [9.17, 15) is 4.79 Å². The van der Waals surface area contributed by atoms with Crippen LogP contribution in [0.1, 0.15) is 34.7 Å². The fourth-order valence-corrected chi connectivity index (χ4v) is 5.07. The number of aliphatic carboxylic acids is 1. The summed E-state index contributed by atoms with van der Waals surface area (Å²) in [7, 11) is 1.67. The number of hydrogen-bond donors (Lipinski definition) is 2. The molecule has 158 valence electrons. The number of benzene rings is 1. The zero-order valence-electron chi connectivity index (χ0n) is 16.9. The van der Waals surface area contributed by atoms with Gasteiger partial charge in [-0.2, -0.15) is 0 Å². The minimum absolute atomic E-state index is 0.273. The fourth-order valence-electron chi connectivity index (χ4n) is 3.79. The lowest BCUT2D eigenvalue weighted by atomic mass is 9.97. The number of aryl methyl sites for hydroxylation is 2. The first kappa shape index (κ1) is 20.6. The lowest BCUT2D eigenvalue weighted by molar-refractivity contribution is -0.142. The molecule has 1 aliphatic rings. The number of nitrogens with zero attached hydrogens (tertiary/aromatic N) is 2. The Morgan fingerprint density at radius 3 is 2.90 bits per heavy atom. The molecule has 3 aromatic rings. The minimum Gasteiger partial charge on any atom is -0.496 e. The number of carbonyl (C=O) groups is 1. The van der Waals surface area contributed by atoms with Crippen molar-refractivity contribution in [1.29, 1.82) is 0 Å². The van der Waals surface area contributed by atoms with Crippen LogP contribution in [-0.2, 0) is 35.3 Å². The van der Waals surface area contributed by atoms with Crippen molar-refractivity contribution < 1.29 is 19.4 Å². The molecule has 0 saturated carbocycles. The van der Waals surface area contributed by atoms with E-state index in [4.69, 9.17) is 24.5 Å². The van der Waals surface area contributed by atoms with Gasteiger partial charge in [0.1, 0.15) is 28.8 Å². The molecular formula is C22H25N3O4S. The van der Waals surface area contributed by atoms with Gasteiger partial charge in [-0.1, -0.05) is 18.2 Å². The van der Waals surface area contributed by atoms with E-state index in [0.717, 1.165) is 40.2 Å². The van der Waals surface area contributed by atoms with Gasteiger partial charge in [-0.3, -0.25) is 0 Å². The van der Waals surface area contributed by atoms with E-state index in [1.807, 2.05) is 24.3 Å². The van der Waals surface area contributed by atoms with Gasteiger partial charge in [0.05, 0.1) is 19.1 Å². The molecule has 0 saturated heterocycles. The summed E-state index contributed by atoms with van der Waals surface area (Å²) in [5.41, 5.74) is 2.43. The van der Waals surface area contributed by atoms with E-state index in [2.05, 4.69) is 5.32 Å². The number of rotatable bonds is 9. The third-order valence-electron chi connectivity index (χ3n) is 5.20. The number of fused-ring (bicyclic) bond motifs is 3. The van der Waals surface area contributed by atoms with Crippen molar-refractivity contribution in [1.82, 2.24) is 9.97 Å². The van der Waals surface area contributed by atoms with Gasteiger partial charge >= 0.3 is 5.97 Å². The molecule has 8 heteroatoms. The van der Waals surface area contributed by atoms with Gasteiger partial charge in [0, 0.05) is 23.4 Å². The third kappa shape index (κ3) is 4.55. The van der Waals surface area contributed by atoms with E-state index in [0.29, 0.717) is 18.8 Å². The van der Waals surface area contributed by atoms with Gasteiger partial charge in [0.25, 0.3) is 0 Å². The smallest absolute Gasteiger partial charge is 0.329 e. The number of methoxy groups -OCH3 is 1. The summed E-state index contributed by atoms with van der Waals surface area (Å²) >= 11 is 1.75. The van der Waals surface area contributed by atoms with Gasteiger partial charge in [0.2, 0.25) is 0 Å².